The molecule has 0 saturated carbocycles. The Kier molecular flexibility index (Phi) is 9.10. The average Bonchev–Trinajstić information content (AvgIpc) is 2.02. The number of hydrogen-bond donors (Lipinski definition) is 0. The smallest absolute Gasteiger partial charge is 0.418 e. The molecule has 0 N–H and O–H groups in total. The Morgan fingerprint density at radius 3 is 1.33 bits per heavy atom. The van der Waals surface area contributed by atoms with E-state index in [9.17, 15) is 17.3 Å². The van der Waals surface area contributed by atoms with Crippen LogP contribution in [-0.2, 0) is 0 Å². The first-order chi connectivity index (χ1) is 6.68. The third kappa shape index (κ3) is 16.4. The van der Waals surface area contributed by atoms with Crippen LogP contribution in [0.15, 0.2) is 0 Å². The summed E-state index contributed by atoms with van der Waals surface area (Å²) < 4.78 is 40.3. The van der Waals surface area contributed by atoms with Gasteiger partial charge in [-0.25, -0.2) is 0 Å². The van der Waals surface area contributed by atoms with Crippen molar-refractivity contribution < 1.29 is 23.2 Å². The first-order valence-corrected chi connectivity index (χ1v) is 5.39. The molecule has 0 radical (unpaired) electrons. The standard InChI is InChI=1S/C9H22N.BF4/c1-5-8-10(4,7-3)9-6-2;2-1(3,4)5/h5-9H2,1-4H3;/q+1;-1/p+1. The van der Waals surface area contributed by atoms with Crippen LogP contribution in [0.2, 0.25) is 0 Å². The summed E-state index contributed by atoms with van der Waals surface area (Å²) >= 11 is 0. The third-order valence-electron chi connectivity index (χ3n) is 2.29. The molecule has 0 bridgehead atoms. The molecule has 0 aliphatic rings. The number of rotatable bonds is 5. The molecule has 0 aromatic rings. The molecule has 6 heteroatoms. The van der Waals surface area contributed by atoms with Crippen molar-refractivity contribution in [3.8, 4) is 0 Å². The van der Waals surface area contributed by atoms with Crippen LogP contribution in [0, 0.1) is 0 Å². The number of quaternary nitrogens is 1. The van der Waals surface area contributed by atoms with E-state index >= 15 is 0 Å². The van der Waals surface area contributed by atoms with Gasteiger partial charge in [-0.3, -0.25) is 0 Å². The molecule has 15 heavy (non-hydrogen) atoms. The van der Waals surface area contributed by atoms with E-state index in [1.165, 1.54) is 37.0 Å². The van der Waals surface area contributed by atoms with Crippen molar-refractivity contribution in [3.05, 3.63) is 0 Å². The Labute approximate surface area is 91.6 Å². The van der Waals surface area contributed by atoms with Crippen LogP contribution in [0.4, 0.5) is 17.3 Å². The summed E-state index contributed by atoms with van der Waals surface area (Å²) in [6.07, 6.45) is 2.62. The van der Waals surface area contributed by atoms with E-state index in [1.807, 2.05) is 0 Å². The second-order valence-electron chi connectivity index (χ2n) is 3.88. The lowest BCUT2D eigenvalue weighted by Crippen LogP contribution is -2.44. The molecule has 0 fully saturated rings. The van der Waals surface area contributed by atoms with Gasteiger partial charge in [-0.1, -0.05) is 13.8 Å². The van der Waals surface area contributed by atoms with Crippen LogP contribution >= 0.6 is 0 Å². The summed E-state index contributed by atoms with van der Waals surface area (Å²) in [6, 6.07) is 0. The second kappa shape index (κ2) is 7.96. The predicted molar refractivity (Wildman–Crippen MR) is 58.3 cm³/mol. The number of nitrogens with zero attached hydrogens (tertiary/aromatic N) is 1. The van der Waals surface area contributed by atoms with Gasteiger partial charge in [-0.05, 0) is 19.8 Å². The summed E-state index contributed by atoms with van der Waals surface area (Å²) in [4.78, 5) is 0. The van der Waals surface area contributed by atoms with Crippen molar-refractivity contribution >= 4 is 7.25 Å². The highest BCUT2D eigenvalue weighted by molar-refractivity contribution is 6.50. The lowest BCUT2D eigenvalue weighted by atomic mass is 10.3. The topological polar surface area (TPSA) is 0 Å². The van der Waals surface area contributed by atoms with Crippen molar-refractivity contribution in [2.24, 2.45) is 0 Å². The molecule has 0 saturated heterocycles. The first kappa shape index (κ1) is 17.1. The van der Waals surface area contributed by atoms with Gasteiger partial charge >= 0.3 is 8.68 Å². The molecule has 0 unspecified atom stereocenters. The minimum absolute atomic E-state index is 0. The SMILES string of the molecule is CCC[N+](C)(CC)CCC.F[B-](F)(F)F.[H+]. The number of halogens is 4. The minimum Gasteiger partial charge on any atom is -0.418 e. The lowest BCUT2D eigenvalue weighted by Gasteiger charge is -2.32. The maximum atomic E-state index is 9.75. The van der Waals surface area contributed by atoms with E-state index in [1.54, 1.807) is 0 Å². The maximum absolute atomic E-state index is 9.75. The highest BCUT2D eigenvalue weighted by atomic mass is 19.5. The molecule has 0 aliphatic carbocycles. The summed E-state index contributed by atoms with van der Waals surface area (Å²) in [5.41, 5.74) is 0. The molecule has 0 aromatic carbocycles. The minimum atomic E-state index is -6.00. The van der Waals surface area contributed by atoms with E-state index in [0.717, 1.165) is 0 Å². The van der Waals surface area contributed by atoms with E-state index in [4.69, 9.17) is 0 Å². The molecular formula is C9H23BF4N+. The largest absolute Gasteiger partial charge is 1.00 e. The zero-order chi connectivity index (χ0) is 12.5. The fourth-order valence-corrected chi connectivity index (χ4v) is 1.51. The van der Waals surface area contributed by atoms with E-state index < -0.39 is 7.25 Å². The predicted octanol–water partition coefficient (Wildman–Crippen LogP) is 3.69. The van der Waals surface area contributed by atoms with Crippen molar-refractivity contribution in [1.82, 2.24) is 0 Å². The van der Waals surface area contributed by atoms with Gasteiger partial charge in [0.1, 0.15) is 0 Å². The van der Waals surface area contributed by atoms with Crippen LogP contribution in [0.3, 0.4) is 0 Å². The normalized spacial score (nSPS) is 12.0. The zero-order valence-corrected chi connectivity index (χ0v) is 10.1. The molecule has 0 amide bonds. The molecule has 94 valence electrons. The van der Waals surface area contributed by atoms with Crippen LogP contribution < -0.4 is 0 Å². The molecule has 0 aromatic heterocycles. The molecule has 0 spiro atoms. The number of hydrogen-bond acceptors (Lipinski definition) is 0. The highest BCUT2D eigenvalue weighted by Crippen LogP contribution is 2.06. The van der Waals surface area contributed by atoms with Crippen LogP contribution in [0.5, 0.6) is 0 Å². The lowest BCUT2D eigenvalue weighted by molar-refractivity contribution is -0.907. The van der Waals surface area contributed by atoms with Gasteiger partial charge in [-0.2, -0.15) is 0 Å². The van der Waals surface area contributed by atoms with Gasteiger partial charge in [0.15, 0.2) is 0 Å². The van der Waals surface area contributed by atoms with Crippen LogP contribution in [-0.4, -0.2) is 38.4 Å². The second-order valence-corrected chi connectivity index (χ2v) is 3.88. The van der Waals surface area contributed by atoms with Gasteiger partial charge in [0, 0.05) is 0 Å². The van der Waals surface area contributed by atoms with Crippen LogP contribution in [0.25, 0.3) is 0 Å². The van der Waals surface area contributed by atoms with E-state index in [-0.39, 0.29) is 1.43 Å². The zero-order valence-electron chi connectivity index (χ0n) is 11.1. The Morgan fingerprint density at radius 2 is 1.20 bits per heavy atom. The Morgan fingerprint density at radius 1 is 0.933 bits per heavy atom. The molecule has 0 rings (SSSR count). The summed E-state index contributed by atoms with van der Waals surface area (Å²) in [6.45, 7) is 10.8. The van der Waals surface area contributed by atoms with E-state index in [2.05, 4.69) is 27.8 Å². The molecule has 0 heterocycles. The van der Waals surface area contributed by atoms with Gasteiger partial charge in [0.05, 0.1) is 26.7 Å². The molecule has 0 aliphatic heterocycles. The van der Waals surface area contributed by atoms with Gasteiger partial charge in [-0.15, -0.1) is 0 Å². The average molecular weight is 232 g/mol. The molecular weight excluding hydrogens is 209 g/mol. The van der Waals surface area contributed by atoms with Crippen molar-refractivity contribution in [2.75, 3.05) is 26.7 Å². The Bertz CT molecular complexity index is 143. The molecule has 1 nitrogen and oxygen atoms in total. The third-order valence-corrected chi connectivity index (χ3v) is 2.29. The summed E-state index contributed by atoms with van der Waals surface area (Å²) in [5.74, 6) is 0. The Balaban J connectivity index is -0.000000242. The van der Waals surface area contributed by atoms with Crippen molar-refractivity contribution in [3.63, 3.8) is 0 Å². The molecule has 0 atom stereocenters. The fraction of sp³-hybridized carbons (Fsp3) is 1.00. The quantitative estimate of drug-likeness (QED) is 0.385. The Hall–Kier alpha value is -0.255. The van der Waals surface area contributed by atoms with E-state index in [0.29, 0.717) is 0 Å². The van der Waals surface area contributed by atoms with Crippen LogP contribution in [0.1, 0.15) is 35.0 Å². The highest BCUT2D eigenvalue weighted by Gasteiger charge is 2.20. The maximum Gasteiger partial charge on any atom is 1.00 e. The van der Waals surface area contributed by atoms with Crippen molar-refractivity contribution in [1.29, 1.82) is 0 Å². The van der Waals surface area contributed by atoms with Gasteiger partial charge in [0.2, 0.25) is 0 Å². The fourth-order valence-electron chi connectivity index (χ4n) is 1.51. The summed E-state index contributed by atoms with van der Waals surface area (Å²) in [7, 11) is -3.65. The first-order valence-electron chi connectivity index (χ1n) is 5.39. The summed E-state index contributed by atoms with van der Waals surface area (Å²) in [5, 5.41) is 0. The monoisotopic (exact) mass is 232 g/mol. The van der Waals surface area contributed by atoms with Gasteiger partial charge in [0.25, 0.3) is 0 Å². The van der Waals surface area contributed by atoms with Gasteiger partial charge < -0.3 is 21.7 Å². The van der Waals surface area contributed by atoms with Crippen molar-refractivity contribution in [2.45, 2.75) is 33.6 Å².